The fraction of sp³-hybridized carbons (Fsp3) is 0.688. The normalized spacial score (nSPS) is 18.1. The minimum Gasteiger partial charge on any atom is -0.396 e. The predicted molar refractivity (Wildman–Crippen MR) is 91.0 cm³/mol. The van der Waals surface area contributed by atoms with E-state index in [1.54, 1.807) is 0 Å². The Kier molecular flexibility index (Phi) is 7.90. The molecule has 1 heterocycles. The fourth-order valence-electron chi connectivity index (χ4n) is 2.33. The number of rotatable bonds is 7. The standard InChI is InChI=1S/C16H26N2O5S/c1-16(15(20)17-21,24(2,22)23)9-12-18-10-7-14(8-11-18)6-4-3-5-13-19/h7,19,21H,3,5,8-13H2,1-2H3,(H,17,20). The average molecular weight is 358 g/mol. The summed E-state index contributed by atoms with van der Waals surface area (Å²) in [4.78, 5) is 13.8. The number of sulfone groups is 1. The maximum atomic E-state index is 11.9. The number of hydrogen-bond acceptors (Lipinski definition) is 6. The van der Waals surface area contributed by atoms with E-state index in [9.17, 15) is 13.2 Å². The molecule has 0 aromatic carbocycles. The van der Waals surface area contributed by atoms with Gasteiger partial charge in [-0.2, -0.15) is 0 Å². The molecule has 3 N–H and O–H groups in total. The van der Waals surface area contributed by atoms with Gasteiger partial charge in [0.05, 0.1) is 0 Å². The van der Waals surface area contributed by atoms with Gasteiger partial charge in [-0.3, -0.25) is 14.9 Å². The lowest BCUT2D eigenvalue weighted by Crippen LogP contribution is -2.51. The lowest BCUT2D eigenvalue weighted by Gasteiger charge is -2.30. The summed E-state index contributed by atoms with van der Waals surface area (Å²) in [6.07, 6.45) is 5.21. The first-order valence-electron chi connectivity index (χ1n) is 7.90. The van der Waals surface area contributed by atoms with E-state index >= 15 is 0 Å². The third kappa shape index (κ3) is 5.60. The van der Waals surface area contributed by atoms with E-state index in [1.807, 2.05) is 11.0 Å². The summed E-state index contributed by atoms with van der Waals surface area (Å²) in [6, 6.07) is 0. The van der Waals surface area contributed by atoms with E-state index < -0.39 is 20.5 Å². The zero-order valence-electron chi connectivity index (χ0n) is 14.2. The fourth-order valence-corrected chi connectivity index (χ4v) is 3.17. The van der Waals surface area contributed by atoms with Crippen LogP contribution in [-0.2, 0) is 14.6 Å². The molecule has 136 valence electrons. The summed E-state index contributed by atoms with van der Waals surface area (Å²) in [5.41, 5.74) is 2.50. The van der Waals surface area contributed by atoms with Crippen LogP contribution in [0.3, 0.4) is 0 Å². The Labute approximate surface area is 143 Å². The maximum absolute atomic E-state index is 11.9. The summed E-state index contributed by atoms with van der Waals surface area (Å²) in [7, 11) is -3.66. The number of carbonyl (C=O) groups excluding carboxylic acids is 1. The van der Waals surface area contributed by atoms with Crippen LogP contribution in [0.4, 0.5) is 0 Å². The number of hydrogen-bond donors (Lipinski definition) is 3. The average Bonchev–Trinajstić information content (AvgIpc) is 2.55. The molecule has 1 atom stereocenters. The first kappa shape index (κ1) is 20.6. The summed E-state index contributed by atoms with van der Waals surface area (Å²) in [5.74, 6) is 5.18. The van der Waals surface area contributed by atoms with Crippen molar-refractivity contribution < 1.29 is 23.5 Å². The van der Waals surface area contributed by atoms with Gasteiger partial charge in [-0.25, -0.2) is 13.9 Å². The van der Waals surface area contributed by atoms with Gasteiger partial charge in [0.2, 0.25) is 0 Å². The molecular weight excluding hydrogens is 332 g/mol. The molecule has 1 aliphatic heterocycles. The molecule has 0 saturated carbocycles. The third-order valence-corrected chi connectivity index (χ3v) is 6.33. The van der Waals surface area contributed by atoms with Gasteiger partial charge in [-0.15, -0.1) is 0 Å². The van der Waals surface area contributed by atoms with Gasteiger partial charge in [0.1, 0.15) is 0 Å². The monoisotopic (exact) mass is 358 g/mol. The van der Waals surface area contributed by atoms with Crippen molar-refractivity contribution in [2.75, 3.05) is 32.5 Å². The summed E-state index contributed by atoms with van der Waals surface area (Å²) < 4.78 is 22.2. The minimum atomic E-state index is -3.66. The van der Waals surface area contributed by atoms with Crippen LogP contribution in [0.1, 0.15) is 32.6 Å². The van der Waals surface area contributed by atoms with E-state index in [0.29, 0.717) is 25.9 Å². The van der Waals surface area contributed by atoms with Crippen LogP contribution in [0.25, 0.3) is 0 Å². The van der Waals surface area contributed by atoms with Crippen molar-refractivity contribution in [3.63, 3.8) is 0 Å². The Morgan fingerprint density at radius 3 is 2.71 bits per heavy atom. The molecule has 0 fully saturated rings. The van der Waals surface area contributed by atoms with E-state index in [1.165, 1.54) is 12.4 Å². The Balaban J connectivity index is 2.61. The first-order valence-corrected chi connectivity index (χ1v) is 9.79. The van der Waals surface area contributed by atoms with Gasteiger partial charge in [0, 0.05) is 44.5 Å². The van der Waals surface area contributed by atoms with E-state index in [4.69, 9.17) is 10.3 Å². The number of aliphatic hydroxyl groups is 1. The number of aliphatic hydroxyl groups excluding tert-OH is 1. The molecule has 1 aliphatic rings. The zero-order chi connectivity index (χ0) is 18.2. The van der Waals surface area contributed by atoms with Crippen molar-refractivity contribution in [1.29, 1.82) is 0 Å². The highest BCUT2D eigenvalue weighted by Gasteiger charge is 2.43. The van der Waals surface area contributed by atoms with Crippen molar-refractivity contribution in [3.8, 4) is 11.8 Å². The molecular formula is C16H26N2O5S. The van der Waals surface area contributed by atoms with Gasteiger partial charge in [0.25, 0.3) is 5.91 Å². The Morgan fingerprint density at radius 2 is 2.21 bits per heavy atom. The second-order valence-electron chi connectivity index (χ2n) is 6.10. The molecule has 24 heavy (non-hydrogen) atoms. The third-order valence-electron chi connectivity index (χ3n) is 4.31. The van der Waals surface area contributed by atoms with Crippen LogP contribution in [0, 0.1) is 11.8 Å². The lowest BCUT2D eigenvalue weighted by molar-refractivity contribution is -0.131. The molecule has 1 rings (SSSR count). The van der Waals surface area contributed by atoms with Crippen LogP contribution < -0.4 is 5.48 Å². The SMILES string of the molecule is CC(CCN1CC=C(C#CCCCO)CC1)(C(=O)NO)S(C)(=O)=O. The summed E-state index contributed by atoms with van der Waals surface area (Å²) in [5, 5.41) is 17.5. The van der Waals surface area contributed by atoms with Gasteiger partial charge in [-0.05, 0) is 26.2 Å². The van der Waals surface area contributed by atoms with Crippen molar-refractivity contribution in [3.05, 3.63) is 11.6 Å². The quantitative estimate of drug-likeness (QED) is 0.258. The largest absolute Gasteiger partial charge is 0.396 e. The molecule has 1 amide bonds. The highest BCUT2D eigenvalue weighted by Crippen LogP contribution is 2.22. The number of carbonyl (C=O) groups is 1. The Hall–Kier alpha value is -1.40. The number of amides is 1. The highest BCUT2D eigenvalue weighted by atomic mass is 32.2. The molecule has 1 unspecified atom stereocenters. The molecule has 8 heteroatoms. The minimum absolute atomic E-state index is 0.101. The molecule has 7 nitrogen and oxygen atoms in total. The number of hydroxylamine groups is 1. The van der Waals surface area contributed by atoms with Crippen molar-refractivity contribution in [2.45, 2.75) is 37.4 Å². The molecule has 0 radical (unpaired) electrons. The molecule has 0 saturated heterocycles. The van der Waals surface area contributed by atoms with Crippen LogP contribution >= 0.6 is 0 Å². The number of nitrogens with zero attached hydrogens (tertiary/aromatic N) is 1. The first-order chi connectivity index (χ1) is 11.2. The van der Waals surface area contributed by atoms with Gasteiger partial charge < -0.3 is 5.11 Å². The maximum Gasteiger partial charge on any atom is 0.264 e. The molecule has 0 aliphatic carbocycles. The van der Waals surface area contributed by atoms with E-state index in [-0.39, 0.29) is 13.0 Å². The van der Waals surface area contributed by atoms with Gasteiger partial charge in [0.15, 0.2) is 14.6 Å². The van der Waals surface area contributed by atoms with Gasteiger partial charge in [-0.1, -0.05) is 17.9 Å². The summed E-state index contributed by atoms with van der Waals surface area (Å²) in [6.45, 7) is 3.28. The van der Waals surface area contributed by atoms with Crippen molar-refractivity contribution in [1.82, 2.24) is 10.4 Å². The van der Waals surface area contributed by atoms with E-state index in [0.717, 1.165) is 24.8 Å². The Morgan fingerprint density at radius 1 is 1.50 bits per heavy atom. The van der Waals surface area contributed by atoms with E-state index in [2.05, 4.69) is 11.8 Å². The van der Waals surface area contributed by atoms with Crippen LogP contribution in [0.15, 0.2) is 11.6 Å². The van der Waals surface area contributed by atoms with Crippen molar-refractivity contribution in [2.24, 2.45) is 0 Å². The zero-order valence-corrected chi connectivity index (χ0v) is 15.0. The molecule has 0 spiro atoms. The number of nitrogens with one attached hydrogen (secondary N) is 1. The van der Waals surface area contributed by atoms with Crippen LogP contribution in [0.2, 0.25) is 0 Å². The van der Waals surface area contributed by atoms with Gasteiger partial charge >= 0.3 is 0 Å². The van der Waals surface area contributed by atoms with Crippen LogP contribution in [0.5, 0.6) is 0 Å². The second-order valence-corrected chi connectivity index (χ2v) is 8.55. The topological polar surface area (TPSA) is 107 Å². The smallest absolute Gasteiger partial charge is 0.264 e. The molecule has 0 bridgehead atoms. The van der Waals surface area contributed by atoms with Crippen molar-refractivity contribution >= 4 is 15.7 Å². The van der Waals surface area contributed by atoms with Crippen LogP contribution in [-0.4, -0.2) is 66.8 Å². The summed E-state index contributed by atoms with van der Waals surface area (Å²) >= 11 is 0. The second kappa shape index (κ2) is 9.18. The lowest BCUT2D eigenvalue weighted by atomic mass is 10.0. The predicted octanol–water partition coefficient (Wildman–Crippen LogP) is 0.0932. The molecule has 0 aromatic rings. The Bertz CT molecular complexity index is 633. The molecule has 0 aromatic heterocycles. The highest BCUT2D eigenvalue weighted by molar-refractivity contribution is 7.92. The number of unbranched alkanes of at least 4 members (excludes halogenated alkanes) is 1.